The number of fused-ring (bicyclic) bond motifs is 1. The van der Waals surface area contributed by atoms with Crippen molar-refractivity contribution in [2.24, 2.45) is 12.8 Å². The average molecular weight is 225 g/mol. The van der Waals surface area contributed by atoms with Crippen LogP contribution in [0.15, 0.2) is 24.4 Å². The number of hydrogen-bond acceptors (Lipinski definition) is 2. The molecule has 2 N–H and O–H groups in total. The molecular weight excluding hydrogens is 210 g/mol. The fourth-order valence-corrected chi connectivity index (χ4v) is 2.62. The highest BCUT2D eigenvalue weighted by atomic mass is 14.9. The molecule has 86 valence electrons. The quantitative estimate of drug-likeness (QED) is 0.850. The van der Waals surface area contributed by atoms with Crippen LogP contribution in [-0.4, -0.2) is 11.1 Å². The van der Waals surface area contributed by atoms with Crippen LogP contribution in [0.3, 0.4) is 0 Å². The van der Waals surface area contributed by atoms with Crippen LogP contribution >= 0.6 is 0 Å². The molecule has 1 aliphatic rings. The SMILES string of the molecule is Cn1cc(C2(CN)CC2)c2cc(C#N)ccc21. The van der Waals surface area contributed by atoms with E-state index in [0.29, 0.717) is 6.54 Å². The van der Waals surface area contributed by atoms with E-state index < -0.39 is 0 Å². The first-order chi connectivity index (χ1) is 8.20. The van der Waals surface area contributed by atoms with Crippen LogP contribution in [0.25, 0.3) is 10.9 Å². The highest BCUT2D eigenvalue weighted by molar-refractivity contribution is 5.87. The van der Waals surface area contributed by atoms with E-state index in [1.807, 2.05) is 25.2 Å². The Morgan fingerprint density at radius 1 is 1.47 bits per heavy atom. The summed E-state index contributed by atoms with van der Waals surface area (Å²) in [5, 5.41) is 10.2. The van der Waals surface area contributed by atoms with E-state index in [-0.39, 0.29) is 5.41 Å². The third-order valence-corrected chi connectivity index (χ3v) is 3.93. The summed E-state index contributed by atoms with van der Waals surface area (Å²) in [5.74, 6) is 0. The van der Waals surface area contributed by atoms with Crippen molar-refractivity contribution in [3.63, 3.8) is 0 Å². The van der Waals surface area contributed by atoms with Gasteiger partial charge in [-0.05, 0) is 36.6 Å². The number of aromatic nitrogens is 1. The van der Waals surface area contributed by atoms with Gasteiger partial charge in [-0.15, -0.1) is 0 Å². The lowest BCUT2D eigenvalue weighted by molar-refractivity contribution is 0.706. The second-order valence-electron chi connectivity index (χ2n) is 4.98. The van der Waals surface area contributed by atoms with Crippen molar-refractivity contribution < 1.29 is 0 Å². The summed E-state index contributed by atoms with van der Waals surface area (Å²) in [5.41, 5.74) is 9.29. The fourth-order valence-electron chi connectivity index (χ4n) is 2.62. The van der Waals surface area contributed by atoms with Crippen molar-refractivity contribution in [2.75, 3.05) is 6.54 Å². The van der Waals surface area contributed by atoms with E-state index in [1.165, 1.54) is 29.3 Å². The standard InChI is InChI=1S/C14H15N3/c1-17-8-12(14(9-16)4-5-14)11-6-10(7-15)2-3-13(11)17/h2-3,6,8H,4-5,9,16H2,1H3. The van der Waals surface area contributed by atoms with Gasteiger partial charge in [0.25, 0.3) is 0 Å². The summed E-state index contributed by atoms with van der Waals surface area (Å²) in [6.07, 6.45) is 4.50. The zero-order valence-electron chi connectivity index (χ0n) is 9.90. The summed E-state index contributed by atoms with van der Waals surface area (Å²) in [6.45, 7) is 0.697. The van der Waals surface area contributed by atoms with Crippen LogP contribution in [0.4, 0.5) is 0 Å². The second kappa shape index (κ2) is 3.35. The van der Waals surface area contributed by atoms with Gasteiger partial charge in [-0.25, -0.2) is 0 Å². The van der Waals surface area contributed by atoms with Gasteiger partial charge < -0.3 is 10.3 Å². The van der Waals surface area contributed by atoms with E-state index in [9.17, 15) is 0 Å². The molecule has 0 aliphatic heterocycles. The lowest BCUT2D eigenvalue weighted by atomic mass is 9.95. The van der Waals surface area contributed by atoms with Gasteiger partial charge in [-0.1, -0.05) is 0 Å². The fraction of sp³-hybridized carbons (Fsp3) is 0.357. The molecule has 0 atom stereocenters. The number of nitrogens with zero attached hydrogens (tertiary/aromatic N) is 2. The van der Waals surface area contributed by atoms with Crippen molar-refractivity contribution in [3.8, 4) is 6.07 Å². The predicted molar refractivity (Wildman–Crippen MR) is 67.6 cm³/mol. The predicted octanol–water partition coefficient (Wildman–Crippen LogP) is 2.04. The molecule has 3 nitrogen and oxygen atoms in total. The first-order valence-electron chi connectivity index (χ1n) is 5.90. The molecule has 0 spiro atoms. The molecule has 0 unspecified atom stereocenters. The third-order valence-electron chi connectivity index (χ3n) is 3.93. The van der Waals surface area contributed by atoms with Crippen molar-refractivity contribution in [2.45, 2.75) is 18.3 Å². The third kappa shape index (κ3) is 1.38. The first kappa shape index (κ1) is 10.4. The monoisotopic (exact) mass is 225 g/mol. The maximum Gasteiger partial charge on any atom is 0.0991 e. The molecule has 1 saturated carbocycles. The minimum absolute atomic E-state index is 0.174. The molecule has 17 heavy (non-hydrogen) atoms. The van der Waals surface area contributed by atoms with Crippen molar-refractivity contribution in [1.29, 1.82) is 5.26 Å². The Morgan fingerprint density at radius 2 is 2.24 bits per heavy atom. The topological polar surface area (TPSA) is 54.7 Å². The van der Waals surface area contributed by atoms with Crippen LogP contribution in [0.1, 0.15) is 24.0 Å². The number of aryl methyl sites for hydroxylation is 1. The van der Waals surface area contributed by atoms with Crippen LogP contribution in [0.5, 0.6) is 0 Å². The molecule has 0 amide bonds. The Morgan fingerprint density at radius 3 is 2.82 bits per heavy atom. The number of hydrogen-bond donors (Lipinski definition) is 1. The molecule has 1 aromatic heterocycles. The number of nitriles is 1. The summed E-state index contributed by atoms with van der Waals surface area (Å²) in [6, 6.07) is 8.08. The molecule has 0 radical (unpaired) electrons. The zero-order valence-corrected chi connectivity index (χ0v) is 9.90. The number of benzene rings is 1. The molecule has 0 bridgehead atoms. The first-order valence-corrected chi connectivity index (χ1v) is 5.90. The molecular formula is C14H15N3. The van der Waals surface area contributed by atoms with Gasteiger partial charge in [0.1, 0.15) is 0 Å². The van der Waals surface area contributed by atoms with Crippen LogP contribution < -0.4 is 5.73 Å². The Bertz CT molecular complexity index is 627. The van der Waals surface area contributed by atoms with Crippen LogP contribution in [0, 0.1) is 11.3 Å². The smallest absolute Gasteiger partial charge is 0.0991 e. The Hall–Kier alpha value is -1.79. The summed E-state index contributed by atoms with van der Waals surface area (Å²) >= 11 is 0. The van der Waals surface area contributed by atoms with Gasteiger partial charge in [0.2, 0.25) is 0 Å². The highest BCUT2D eigenvalue weighted by Crippen LogP contribution is 2.49. The van der Waals surface area contributed by atoms with E-state index >= 15 is 0 Å². The van der Waals surface area contributed by atoms with E-state index in [1.54, 1.807) is 0 Å². The maximum absolute atomic E-state index is 8.99. The second-order valence-corrected chi connectivity index (χ2v) is 4.98. The Labute approximate surface area is 100 Å². The molecule has 0 saturated heterocycles. The Kier molecular flexibility index (Phi) is 2.04. The van der Waals surface area contributed by atoms with Crippen molar-refractivity contribution in [1.82, 2.24) is 4.57 Å². The average Bonchev–Trinajstić information content (AvgIpc) is 3.09. The van der Waals surface area contributed by atoms with Gasteiger partial charge in [0.05, 0.1) is 11.6 Å². The maximum atomic E-state index is 8.99. The number of rotatable bonds is 2. The Balaban J connectivity index is 2.29. The van der Waals surface area contributed by atoms with Crippen LogP contribution in [-0.2, 0) is 12.5 Å². The summed E-state index contributed by atoms with van der Waals surface area (Å²) in [4.78, 5) is 0. The summed E-state index contributed by atoms with van der Waals surface area (Å²) < 4.78 is 2.13. The van der Waals surface area contributed by atoms with Gasteiger partial charge in [-0.2, -0.15) is 5.26 Å². The summed E-state index contributed by atoms with van der Waals surface area (Å²) in [7, 11) is 2.05. The van der Waals surface area contributed by atoms with Crippen molar-refractivity contribution in [3.05, 3.63) is 35.5 Å². The lowest BCUT2D eigenvalue weighted by Crippen LogP contribution is -2.19. The van der Waals surface area contributed by atoms with E-state index in [4.69, 9.17) is 11.0 Å². The minimum atomic E-state index is 0.174. The van der Waals surface area contributed by atoms with Crippen molar-refractivity contribution >= 4 is 10.9 Å². The normalized spacial score (nSPS) is 17.0. The molecule has 1 heterocycles. The van der Waals surface area contributed by atoms with Gasteiger partial charge in [-0.3, -0.25) is 0 Å². The van der Waals surface area contributed by atoms with Crippen LogP contribution in [0.2, 0.25) is 0 Å². The number of nitrogens with two attached hydrogens (primary N) is 1. The molecule has 1 aromatic carbocycles. The molecule has 3 heteroatoms. The van der Waals surface area contributed by atoms with Gasteiger partial charge >= 0.3 is 0 Å². The van der Waals surface area contributed by atoms with E-state index in [0.717, 1.165) is 5.56 Å². The zero-order chi connectivity index (χ0) is 12.0. The van der Waals surface area contributed by atoms with Gasteiger partial charge in [0, 0.05) is 36.1 Å². The minimum Gasteiger partial charge on any atom is -0.350 e. The molecule has 2 aromatic rings. The molecule has 1 fully saturated rings. The van der Waals surface area contributed by atoms with Gasteiger partial charge in [0.15, 0.2) is 0 Å². The van der Waals surface area contributed by atoms with E-state index in [2.05, 4.69) is 16.8 Å². The largest absolute Gasteiger partial charge is 0.350 e. The lowest BCUT2D eigenvalue weighted by Gasteiger charge is -2.10. The molecule has 3 rings (SSSR count). The highest BCUT2D eigenvalue weighted by Gasteiger charge is 2.44. The molecule has 1 aliphatic carbocycles.